The number of aryl methyl sites for hydroxylation is 1. The molecule has 1 saturated heterocycles. The number of benzene rings is 1. The summed E-state index contributed by atoms with van der Waals surface area (Å²) >= 11 is 6.06. The van der Waals surface area contributed by atoms with Crippen molar-refractivity contribution in [1.82, 2.24) is 5.32 Å². The molecule has 0 radical (unpaired) electrons. The molecule has 2 nitrogen and oxygen atoms in total. The lowest BCUT2D eigenvalue weighted by molar-refractivity contribution is 0.278. The van der Waals surface area contributed by atoms with Crippen molar-refractivity contribution in [2.45, 2.75) is 32.4 Å². The third-order valence-corrected chi connectivity index (χ3v) is 3.14. The molecule has 1 aromatic rings. The van der Waals surface area contributed by atoms with Gasteiger partial charge in [0.1, 0.15) is 5.75 Å². The number of halogens is 1. The molecule has 82 valence electrons. The summed E-state index contributed by atoms with van der Waals surface area (Å²) in [6.45, 7) is 4.21. The minimum absolute atomic E-state index is 0.396. The molecule has 1 aliphatic heterocycles. The number of ether oxygens (including phenoxy) is 1. The van der Waals surface area contributed by atoms with Gasteiger partial charge in [0.25, 0.3) is 0 Å². The Morgan fingerprint density at radius 1 is 1.47 bits per heavy atom. The molecule has 0 amide bonds. The Kier molecular flexibility index (Phi) is 2.89. The molecule has 0 bridgehead atoms. The Labute approximate surface area is 95.6 Å². The van der Waals surface area contributed by atoms with E-state index in [9.17, 15) is 0 Å². The Morgan fingerprint density at radius 3 is 2.67 bits per heavy atom. The van der Waals surface area contributed by atoms with E-state index in [0.29, 0.717) is 12.1 Å². The van der Waals surface area contributed by atoms with E-state index in [1.807, 2.05) is 19.1 Å². The van der Waals surface area contributed by atoms with Gasteiger partial charge in [-0.25, -0.2) is 0 Å². The molecule has 0 aliphatic carbocycles. The van der Waals surface area contributed by atoms with Crippen LogP contribution in [-0.2, 0) is 0 Å². The van der Waals surface area contributed by atoms with E-state index in [1.165, 1.54) is 5.56 Å². The summed E-state index contributed by atoms with van der Waals surface area (Å²) in [5.74, 6) is 0.962. The molecule has 0 aromatic heterocycles. The highest BCUT2D eigenvalue weighted by Gasteiger charge is 2.28. The van der Waals surface area contributed by atoms with Gasteiger partial charge in [-0.05, 0) is 38.0 Å². The summed E-state index contributed by atoms with van der Waals surface area (Å²) < 4.78 is 5.42. The number of nitrogens with one attached hydrogen (secondary N) is 1. The van der Waals surface area contributed by atoms with Crippen molar-refractivity contribution in [1.29, 1.82) is 0 Å². The SMILES string of the molecule is COc1c(C)cc(Cl)cc1C1CC(C)N1. The van der Waals surface area contributed by atoms with Crippen molar-refractivity contribution in [2.24, 2.45) is 0 Å². The van der Waals surface area contributed by atoms with Gasteiger partial charge in [-0.15, -0.1) is 0 Å². The summed E-state index contributed by atoms with van der Waals surface area (Å²) in [6.07, 6.45) is 1.15. The monoisotopic (exact) mass is 225 g/mol. The van der Waals surface area contributed by atoms with Gasteiger partial charge in [0.15, 0.2) is 0 Å². The van der Waals surface area contributed by atoms with Crippen LogP contribution in [0, 0.1) is 6.92 Å². The van der Waals surface area contributed by atoms with E-state index in [0.717, 1.165) is 22.8 Å². The first-order chi connectivity index (χ1) is 7.11. The predicted octanol–water partition coefficient (Wildman–Crippen LogP) is 3.08. The highest BCUT2D eigenvalue weighted by Crippen LogP contribution is 2.37. The maximum absolute atomic E-state index is 6.06. The quantitative estimate of drug-likeness (QED) is 0.835. The summed E-state index contributed by atoms with van der Waals surface area (Å²) in [7, 11) is 1.71. The number of methoxy groups -OCH3 is 1. The number of rotatable bonds is 2. The topological polar surface area (TPSA) is 21.3 Å². The Bertz CT molecular complexity index is 372. The Hall–Kier alpha value is -0.730. The van der Waals surface area contributed by atoms with Crippen LogP contribution in [0.15, 0.2) is 12.1 Å². The van der Waals surface area contributed by atoms with Crippen molar-refractivity contribution >= 4 is 11.6 Å². The summed E-state index contributed by atoms with van der Waals surface area (Å²) in [5.41, 5.74) is 2.28. The largest absolute Gasteiger partial charge is 0.496 e. The van der Waals surface area contributed by atoms with Gasteiger partial charge in [0, 0.05) is 22.7 Å². The zero-order valence-corrected chi connectivity index (χ0v) is 10.1. The van der Waals surface area contributed by atoms with E-state index in [-0.39, 0.29) is 0 Å². The zero-order valence-electron chi connectivity index (χ0n) is 9.30. The van der Waals surface area contributed by atoms with Gasteiger partial charge in [0.2, 0.25) is 0 Å². The van der Waals surface area contributed by atoms with E-state index in [1.54, 1.807) is 7.11 Å². The van der Waals surface area contributed by atoms with Gasteiger partial charge in [-0.2, -0.15) is 0 Å². The molecular formula is C12H16ClNO. The number of hydrogen-bond donors (Lipinski definition) is 1. The fourth-order valence-electron chi connectivity index (χ4n) is 2.18. The Morgan fingerprint density at radius 2 is 2.13 bits per heavy atom. The maximum Gasteiger partial charge on any atom is 0.126 e. The van der Waals surface area contributed by atoms with Crippen LogP contribution >= 0.6 is 11.6 Å². The summed E-state index contributed by atoms with van der Waals surface area (Å²) in [4.78, 5) is 0. The van der Waals surface area contributed by atoms with E-state index in [4.69, 9.17) is 16.3 Å². The van der Waals surface area contributed by atoms with Crippen LogP contribution in [0.5, 0.6) is 5.75 Å². The van der Waals surface area contributed by atoms with Gasteiger partial charge < -0.3 is 10.1 Å². The molecule has 0 saturated carbocycles. The third-order valence-electron chi connectivity index (χ3n) is 2.92. The molecule has 2 atom stereocenters. The van der Waals surface area contributed by atoms with Crippen molar-refractivity contribution in [2.75, 3.05) is 7.11 Å². The summed E-state index contributed by atoms with van der Waals surface area (Å²) in [6, 6.07) is 4.93. The van der Waals surface area contributed by atoms with E-state index < -0.39 is 0 Å². The van der Waals surface area contributed by atoms with Crippen LogP contribution in [0.4, 0.5) is 0 Å². The lowest BCUT2D eigenvalue weighted by Crippen LogP contribution is -2.43. The highest BCUT2D eigenvalue weighted by atomic mass is 35.5. The second-order valence-electron chi connectivity index (χ2n) is 4.20. The van der Waals surface area contributed by atoms with Crippen LogP contribution in [0.2, 0.25) is 5.02 Å². The van der Waals surface area contributed by atoms with E-state index in [2.05, 4.69) is 12.2 Å². The average molecular weight is 226 g/mol. The third kappa shape index (κ3) is 1.97. The molecule has 1 aliphatic rings. The normalized spacial score (nSPS) is 24.8. The van der Waals surface area contributed by atoms with Crippen molar-refractivity contribution in [3.63, 3.8) is 0 Å². The minimum Gasteiger partial charge on any atom is -0.496 e. The molecule has 3 heteroatoms. The molecule has 1 N–H and O–H groups in total. The van der Waals surface area contributed by atoms with Crippen LogP contribution in [0.1, 0.15) is 30.5 Å². The molecule has 15 heavy (non-hydrogen) atoms. The average Bonchev–Trinajstić information content (AvgIpc) is 2.12. The minimum atomic E-state index is 0.396. The van der Waals surface area contributed by atoms with Gasteiger partial charge >= 0.3 is 0 Å². The molecule has 2 rings (SSSR count). The second-order valence-corrected chi connectivity index (χ2v) is 4.64. The van der Waals surface area contributed by atoms with Crippen LogP contribution < -0.4 is 10.1 Å². The standard InChI is InChI=1S/C12H16ClNO/c1-7-4-9(13)6-10(12(7)15-3)11-5-8(2)14-11/h4,6,8,11,14H,5H2,1-3H3. The Balaban J connectivity index is 2.36. The fraction of sp³-hybridized carbons (Fsp3) is 0.500. The first-order valence-electron chi connectivity index (χ1n) is 5.22. The highest BCUT2D eigenvalue weighted by molar-refractivity contribution is 6.30. The lowest BCUT2D eigenvalue weighted by Gasteiger charge is -2.36. The molecule has 2 unspecified atom stereocenters. The van der Waals surface area contributed by atoms with Crippen molar-refractivity contribution < 1.29 is 4.74 Å². The zero-order chi connectivity index (χ0) is 11.0. The molecule has 1 heterocycles. The molecular weight excluding hydrogens is 210 g/mol. The van der Waals surface area contributed by atoms with Crippen molar-refractivity contribution in [3.8, 4) is 5.75 Å². The molecule has 1 fully saturated rings. The first-order valence-corrected chi connectivity index (χ1v) is 5.59. The predicted molar refractivity (Wildman–Crippen MR) is 62.7 cm³/mol. The first kappa shape index (κ1) is 10.8. The van der Waals surface area contributed by atoms with E-state index >= 15 is 0 Å². The fourth-order valence-corrected chi connectivity index (χ4v) is 2.46. The van der Waals surface area contributed by atoms with Gasteiger partial charge in [-0.3, -0.25) is 0 Å². The summed E-state index contributed by atoms with van der Waals surface area (Å²) in [5, 5.41) is 4.23. The van der Waals surface area contributed by atoms with Gasteiger partial charge in [-0.1, -0.05) is 11.6 Å². The van der Waals surface area contributed by atoms with Crippen LogP contribution in [-0.4, -0.2) is 13.2 Å². The smallest absolute Gasteiger partial charge is 0.126 e. The lowest BCUT2D eigenvalue weighted by atomic mass is 9.90. The van der Waals surface area contributed by atoms with Gasteiger partial charge in [0.05, 0.1) is 7.11 Å². The molecule has 0 spiro atoms. The van der Waals surface area contributed by atoms with Crippen molar-refractivity contribution in [3.05, 3.63) is 28.3 Å². The number of hydrogen-bond acceptors (Lipinski definition) is 2. The second kappa shape index (κ2) is 4.03. The maximum atomic E-state index is 6.06. The van der Waals surface area contributed by atoms with Crippen LogP contribution in [0.25, 0.3) is 0 Å². The molecule has 1 aromatic carbocycles. The van der Waals surface area contributed by atoms with Crippen LogP contribution in [0.3, 0.4) is 0 Å².